The minimum atomic E-state index is -1.18. The van der Waals surface area contributed by atoms with Crippen molar-refractivity contribution in [3.05, 3.63) is 58.1 Å². The monoisotopic (exact) mass is 398 g/mol. The molecule has 0 radical (unpaired) electrons. The third-order valence-electron chi connectivity index (χ3n) is 2.91. The Balaban J connectivity index is 1.93. The molecule has 6 nitrogen and oxygen atoms in total. The van der Waals surface area contributed by atoms with Crippen molar-refractivity contribution in [2.24, 2.45) is 0 Å². The summed E-state index contributed by atoms with van der Waals surface area (Å²) in [6.07, 6.45) is 0. The molecule has 0 aliphatic carbocycles. The molecular formula is C16H12Cl2N2O4S. The Labute approximate surface area is 158 Å². The molecule has 2 aromatic rings. The van der Waals surface area contributed by atoms with E-state index in [1.165, 1.54) is 18.2 Å². The summed E-state index contributed by atoms with van der Waals surface area (Å²) in [5.41, 5.74) is 0.130. The highest BCUT2D eigenvalue weighted by atomic mass is 35.5. The van der Waals surface area contributed by atoms with E-state index in [1.807, 2.05) is 0 Å². The molecule has 9 heteroatoms. The molecule has 0 aromatic heterocycles. The lowest BCUT2D eigenvalue weighted by Gasteiger charge is -2.12. The van der Waals surface area contributed by atoms with Crippen LogP contribution in [0.15, 0.2) is 42.5 Å². The van der Waals surface area contributed by atoms with Gasteiger partial charge in [0.15, 0.2) is 11.7 Å². The number of aromatic carboxylic acids is 1. The first kappa shape index (κ1) is 19.0. The zero-order valence-electron chi connectivity index (χ0n) is 12.6. The van der Waals surface area contributed by atoms with E-state index in [2.05, 4.69) is 10.6 Å². The number of hydrogen-bond donors (Lipinski definition) is 3. The van der Waals surface area contributed by atoms with Crippen LogP contribution in [-0.2, 0) is 4.79 Å². The number of carboxylic acid groups (broad SMARTS) is 1. The van der Waals surface area contributed by atoms with Crippen LogP contribution in [0.2, 0.25) is 10.0 Å². The minimum absolute atomic E-state index is 0.0717. The summed E-state index contributed by atoms with van der Waals surface area (Å²) in [4.78, 5) is 23.1. The van der Waals surface area contributed by atoms with Crippen LogP contribution in [0.4, 0.5) is 5.69 Å². The highest BCUT2D eigenvalue weighted by molar-refractivity contribution is 7.80. The summed E-state index contributed by atoms with van der Waals surface area (Å²) in [5, 5.41) is 14.8. The average Bonchev–Trinajstić information content (AvgIpc) is 2.55. The second-order valence-electron chi connectivity index (χ2n) is 4.72. The molecule has 0 bridgehead atoms. The summed E-state index contributed by atoms with van der Waals surface area (Å²) in [7, 11) is 0. The number of nitrogens with one attached hydrogen (secondary N) is 2. The number of ether oxygens (including phenoxy) is 1. The quantitative estimate of drug-likeness (QED) is 0.667. The third-order valence-corrected chi connectivity index (χ3v) is 3.66. The van der Waals surface area contributed by atoms with Gasteiger partial charge < -0.3 is 15.2 Å². The van der Waals surface area contributed by atoms with Crippen molar-refractivity contribution in [3.8, 4) is 5.75 Å². The first-order valence-corrected chi connectivity index (χ1v) is 8.04. The summed E-state index contributed by atoms with van der Waals surface area (Å²) < 4.78 is 5.28. The van der Waals surface area contributed by atoms with Gasteiger partial charge in [-0.05, 0) is 42.5 Å². The van der Waals surface area contributed by atoms with Gasteiger partial charge in [0.1, 0.15) is 5.75 Å². The number of para-hydroxylation sites is 1. The molecule has 0 saturated carbocycles. The molecule has 130 valence electrons. The lowest BCUT2D eigenvalue weighted by Crippen LogP contribution is -2.37. The van der Waals surface area contributed by atoms with Crippen molar-refractivity contribution in [1.82, 2.24) is 5.32 Å². The molecule has 0 aliphatic rings. The van der Waals surface area contributed by atoms with Crippen LogP contribution >= 0.6 is 35.4 Å². The molecule has 0 aliphatic heterocycles. The van der Waals surface area contributed by atoms with Crippen LogP contribution in [0.25, 0.3) is 0 Å². The van der Waals surface area contributed by atoms with E-state index >= 15 is 0 Å². The Hall–Kier alpha value is -2.35. The maximum Gasteiger partial charge on any atom is 0.337 e. The fraction of sp³-hybridized carbons (Fsp3) is 0.0625. The zero-order valence-corrected chi connectivity index (χ0v) is 14.9. The predicted octanol–water partition coefficient (Wildman–Crippen LogP) is 3.58. The number of amides is 1. The molecule has 2 aromatic carbocycles. The molecule has 0 unspecified atom stereocenters. The van der Waals surface area contributed by atoms with E-state index < -0.39 is 11.9 Å². The van der Waals surface area contributed by atoms with E-state index in [0.717, 1.165) is 0 Å². The fourth-order valence-corrected chi connectivity index (χ4v) is 2.41. The Morgan fingerprint density at radius 3 is 2.56 bits per heavy atom. The fourth-order valence-electron chi connectivity index (χ4n) is 1.82. The van der Waals surface area contributed by atoms with E-state index in [4.69, 9.17) is 45.3 Å². The van der Waals surface area contributed by atoms with Crippen molar-refractivity contribution in [3.63, 3.8) is 0 Å². The van der Waals surface area contributed by atoms with Crippen LogP contribution in [0.5, 0.6) is 5.75 Å². The Bertz CT molecular complexity index is 830. The lowest BCUT2D eigenvalue weighted by atomic mass is 10.2. The van der Waals surface area contributed by atoms with Gasteiger partial charge in [0.25, 0.3) is 5.91 Å². The van der Waals surface area contributed by atoms with Gasteiger partial charge in [-0.2, -0.15) is 0 Å². The highest BCUT2D eigenvalue weighted by Crippen LogP contribution is 2.23. The Kier molecular flexibility index (Phi) is 6.58. The van der Waals surface area contributed by atoms with Gasteiger partial charge in [0.2, 0.25) is 0 Å². The maximum absolute atomic E-state index is 11.9. The maximum atomic E-state index is 11.9. The summed E-state index contributed by atoms with van der Waals surface area (Å²) in [6, 6.07) is 10.9. The van der Waals surface area contributed by atoms with Crippen molar-refractivity contribution in [2.45, 2.75) is 0 Å². The third kappa shape index (κ3) is 5.60. The first-order valence-electron chi connectivity index (χ1n) is 6.88. The largest absolute Gasteiger partial charge is 0.482 e. The number of carboxylic acids is 1. The smallest absolute Gasteiger partial charge is 0.337 e. The van der Waals surface area contributed by atoms with Crippen LogP contribution in [0, 0.1) is 0 Å². The first-order chi connectivity index (χ1) is 11.9. The van der Waals surface area contributed by atoms with E-state index in [-0.39, 0.29) is 28.0 Å². The number of anilines is 1. The van der Waals surface area contributed by atoms with Gasteiger partial charge in [-0.25, -0.2) is 4.79 Å². The number of carbonyl (C=O) groups is 2. The van der Waals surface area contributed by atoms with Gasteiger partial charge in [0.05, 0.1) is 16.3 Å². The number of hydrogen-bond acceptors (Lipinski definition) is 4. The zero-order chi connectivity index (χ0) is 18.4. The van der Waals surface area contributed by atoms with Crippen molar-refractivity contribution in [2.75, 3.05) is 11.9 Å². The van der Waals surface area contributed by atoms with Gasteiger partial charge >= 0.3 is 5.97 Å². The number of halogens is 2. The number of benzene rings is 2. The average molecular weight is 399 g/mol. The van der Waals surface area contributed by atoms with Gasteiger partial charge in [-0.3, -0.25) is 10.1 Å². The molecule has 0 heterocycles. The van der Waals surface area contributed by atoms with E-state index in [9.17, 15) is 9.59 Å². The minimum Gasteiger partial charge on any atom is -0.482 e. The van der Waals surface area contributed by atoms with Gasteiger partial charge in [0, 0.05) is 5.02 Å². The Morgan fingerprint density at radius 1 is 1.16 bits per heavy atom. The van der Waals surface area contributed by atoms with Crippen molar-refractivity contribution in [1.29, 1.82) is 0 Å². The summed E-state index contributed by atoms with van der Waals surface area (Å²) in [5.74, 6) is -1.34. The van der Waals surface area contributed by atoms with E-state index in [1.54, 1.807) is 24.3 Å². The van der Waals surface area contributed by atoms with Gasteiger partial charge in [-0.1, -0.05) is 35.3 Å². The summed E-state index contributed by atoms with van der Waals surface area (Å²) >= 11 is 16.7. The molecule has 2 rings (SSSR count). The number of thiocarbonyl (C=S) groups is 1. The van der Waals surface area contributed by atoms with Crippen LogP contribution in [-0.4, -0.2) is 28.7 Å². The molecule has 0 saturated heterocycles. The van der Waals surface area contributed by atoms with Gasteiger partial charge in [-0.15, -0.1) is 0 Å². The SMILES string of the molecule is O=C(COc1ccccc1Cl)NC(=S)Nc1ccc(Cl)cc1C(=O)O. The second-order valence-corrected chi connectivity index (χ2v) is 5.97. The molecule has 0 spiro atoms. The van der Waals surface area contributed by atoms with Crippen molar-refractivity contribution >= 4 is 58.1 Å². The van der Waals surface area contributed by atoms with Crippen LogP contribution in [0.3, 0.4) is 0 Å². The Morgan fingerprint density at radius 2 is 1.88 bits per heavy atom. The summed E-state index contributed by atoms with van der Waals surface area (Å²) in [6.45, 7) is -0.308. The molecular weight excluding hydrogens is 387 g/mol. The number of rotatable bonds is 5. The lowest BCUT2D eigenvalue weighted by molar-refractivity contribution is -0.121. The molecule has 0 fully saturated rings. The highest BCUT2D eigenvalue weighted by Gasteiger charge is 2.13. The molecule has 1 amide bonds. The molecule has 3 N–H and O–H groups in total. The normalized spacial score (nSPS) is 10.0. The second kappa shape index (κ2) is 8.66. The van der Waals surface area contributed by atoms with Crippen LogP contribution in [0.1, 0.15) is 10.4 Å². The van der Waals surface area contributed by atoms with Crippen molar-refractivity contribution < 1.29 is 19.4 Å². The molecule has 0 atom stereocenters. The topological polar surface area (TPSA) is 87.7 Å². The number of carbonyl (C=O) groups excluding carboxylic acids is 1. The van der Waals surface area contributed by atoms with Crippen LogP contribution < -0.4 is 15.4 Å². The van der Waals surface area contributed by atoms with E-state index in [0.29, 0.717) is 10.8 Å². The predicted molar refractivity (Wildman–Crippen MR) is 99.7 cm³/mol. The standard InChI is InChI=1S/C16H12Cl2N2O4S/c17-9-5-6-12(10(7-9)15(22)23)19-16(25)20-14(21)8-24-13-4-2-1-3-11(13)18/h1-7H,8H2,(H,22,23)(H2,19,20,21,25). The molecule has 25 heavy (non-hydrogen) atoms.